The molecule has 4 nitrogen and oxygen atoms in total. The second kappa shape index (κ2) is 5.10. The number of hydrogen-bond acceptors (Lipinski definition) is 3. The van der Waals surface area contributed by atoms with Crippen molar-refractivity contribution in [1.29, 1.82) is 0 Å². The standard InChI is InChI=1S/C13H18N4/c1-10-5-4-6-11(2)12(10)8-17-13(7-14-3)15-9-16-17/h4-6,9,14H,7-8H2,1-3H3. The van der Waals surface area contributed by atoms with E-state index in [1.165, 1.54) is 16.7 Å². The highest BCUT2D eigenvalue weighted by atomic mass is 15.3. The van der Waals surface area contributed by atoms with Gasteiger partial charge in [-0.3, -0.25) is 0 Å². The maximum absolute atomic E-state index is 4.28. The Morgan fingerprint density at radius 1 is 1.24 bits per heavy atom. The normalized spacial score (nSPS) is 10.8. The van der Waals surface area contributed by atoms with Crippen LogP contribution in [-0.4, -0.2) is 21.8 Å². The van der Waals surface area contributed by atoms with E-state index < -0.39 is 0 Å². The third-order valence-corrected chi connectivity index (χ3v) is 2.98. The lowest BCUT2D eigenvalue weighted by Crippen LogP contribution is -2.15. The molecule has 1 heterocycles. The minimum atomic E-state index is 0.741. The van der Waals surface area contributed by atoms with E-state index in [9.17, 15) is 0 Å². The Bertz CT molecular complexity index is 482. The molecule has 0 saturated carbocycles. The molecule has 0 saturated heterocycles. The quantitative estimate of drug-likeness (QED) is 0.868. The van der Waals surface area contributed by atoms with Gasteiger partial charge in [0.1, 0.15) is 12.2 Å². The largest absolute Gasteiger partial charge is 0.313 e. The zero-order valence-corrected chi connectivity index (χ0v) is 10.6. The number of aromatic nitrogens is 3. The Balaban J connectivity index is 2.28. The summed E-state index contributed by atoms with van der Waals surface area (Å²) in [5, 5.41) is 7.38. The van der Waals surface area contributed by atoms with Gasteiger partial charge in [-0.15, -0.1) is 0 Å². The highest BCUT2D eigenvalue weighted by Crippen LogP contribution is 2.14. The monoisotopic (exact) mass is 230 g/mol. The van der Waals surface area contributed by atoms with E-state index in [4.69, 9.17) is 0 Å². The molecule has 0 aliphatic heterocycles. The van der Waals surface area contributed by atoms with Crippen LogP contribution in [0.25, 0.3) is 0 Å². The Hall–Kier alpha value is -1.68. The number of aryl methyl sites for hydroxylation is 2. The highest BCUT2D eigenvalue weighted by molar-refractivity contribution is 5.33. The summed E-state index contributed by atoms with van der Waals surface area (Å²) in [4.78, 5) is 4.25. The Labute approximate surface area is 102 Å². The van der Waals surface area contributed by atoms with Gasteiger partial charge in [-0.05, 0) is 37.6 Å². The Morgan fingerprint density at radius 2 is 1.94 bits per heavy atom. The molecule has 0 radical (unpaired) electrons. The van der Waals surface area contributed by atoms with Crippen molar-refractivity contribution in [1.82, 2.24) is 20.1 Å². The van der Waals surface area contributed by atoms with Crippen LogP contribution in [0.5, 0.6) is 0 Å². The molecule has 0 unspecified atom stereocenters. The fourth-order valence-electron chi connectivity index (χ4n) is 1.96. The van der Waals surface area contributed by atoms with Crippen LogP contribution in [0.1, 0.15) is 22.5 Å². The second-order valence-electron chi connectivity index (χ2n) is 4.23. The van der Waals surface area contributed by atoms with E-state index >= 15 is 0 Å². The fraction of sp³-hybridized carbons (Fsp3) is 0.385. The molecule has 4 heteroatoms. The molecule has 90 valence electrons. The molecule has 1 aromatic carbocycles. The number of benzene rings is 1. The van der Waals surface area contributed by atoms with E-state index in [-0.39, 0.29) is 0 Å². The van der Waals surface area contributed by atoms with Crippen LogP contribution in [0, 0.1) is 13.8 Å². The summed E-state index contributed by atoms with van der Waals surface area (Å²) in [5.41, 5.74) is 3.93. The summed E-state index contributed by atoms with van der Waals surface area (Å²) < 4.78 is 1.95. The van der Waals surface area contributed by atoms with E-state index in [1.807, 2.05) is 11.7 Å². The van der Waals surface area contributed by atoms with E-state index in [0.717, 1.165) is 18.9 Å². The van der Waals surface area contributed by atoms with Crippen LogP contribution in [0.15, 0.2) is 24.5 Å². The molecule has 17 heavy (non-hydrogen) atoms. The Morgan fingerprint density at radius 3 is 2.59 bits per heavy atom. The topological polar surface area (TPSA) is 42.7 Å². The molecule has 0 atom stereocenters. The molecule has 2 aromatic rings. The third kappa shape index (κ3) is 2.53. The van der Waals surface area contributed by atoms with Gasteiger partial charge >= 0.3 is 0 Å². The molecular weight excluding hydrogens is 212 g/mol. The lowest BCUT2D eigenvalue weighted by atomic mass is 10.0. The van der Waals surface area contributed by atoms with E-state index in [0.29, 0.717) is 0 Å². The molecule has 0 fully saturated rings. The minimum Gasteiger partial charge on any atom is -0.313 e. The molecule has 0 aliphatic carbocycles. The van der Waals surface area contributed by atoms with Crippen molar-refractivity contribution in [2.24, 2.45) is 0 Å². The first-order valence-corrected chi connectivity index (χ1v) is 5.78. The van der Waals surface area contributed by atoms with Gasteiger partial charge in [0.25, 0.3) is 0 Å². The number of nitrogens with zero attached hydrogens (tertiary/aromatic N) is 3. The van der Waals surface area contributed by atoms with Gasteiger partial charge in [-0.1, -0.05) is 18.2 Å². The van der Waals surface area contributed by atoms with Gasteiger partial charge in [-0.2, -0.15) is 5.10 Å². The van der Waals surface area contributed by atoms with Crippen molar-refractivity contribution in [3.63, 3.8) is 0 Å². The maximum Gasteiger partial charge on any atom is 0.141 e. The minimum absolute atomic E-state index is 0.741. The molecule has 0 aliphatic rings. The highest BCUT2D eigenvalue weighted by Gasteiger charge is 2.07. The maximum atomic E-state index is 4.28. The van der Waals surface area contributed by atoms with Gasteiger partial charge in [0.05, 0.1) is 13.1 Å². The lowest BCUT2D eigenvalue weighted by molar-refractivity contribution is 0.610. The summed E-state index contributed by atoms with van der Waals surface area (Å²) in [5.74, 6) is 0.968. The van der Waals surface area contributed by atoms with Crippen LogP contribution in [0.2, 0.25) is 0 Å². The SMILES string of the molecule is CNCc1ncnn1Cc1c(C)cccc1C. The first kappa shape index (κ1) is 11.8. The van der Waals surface area contributed by atoms with Gasteiger partial charge in [0.15, 0.2) is 0 Å². The van der Waals surface area contributed by atoms with Crippen LogP contribution >= 0.6 is 0 Å². The van der Waals surface area contributed by atoms with Crippen molar-refractivity contribution in [3.8, 4) is 0 Å². The van der Waals surface area contributed by atoms with Crippen molar-refractivity contribution in [3.05, 3.63) is 47.0 Å². The Kier molecular flexibility index (Phi) is 3.54. The van der Waals surface area contributed by atoms with Crippen molar-refractivity contribution >= 4 is 0 Å². The number of hydrogen-bond donors (Lipinski definition) is 1. The van der Waals surface area contributed by atoms with E-state index in [2.05, 4.69) is 47.4 Å². The summed E-state index contributed by atoms with van der Waals surface area (Å²) in [7, 11) is 1.91. The average Bonchev–Trinajstić information content (AvgIpc) is 2.72. The number of nitrogens with one attached hydrogen (secondary N) is 1. The zero-order valence-electron chi connectivity index (χ0n) is 10.6. The van der Waals surface area contributed by atoms with Gasteiger partial charge in [0, 0.05) is 0 Å². The molecular formula is C13H18N4. The first-order valence-electron chi connectivity index (χ1n) is 5.78. The number of rotatable bonds is 4. The molecule has 1 N–H and O–H groups in total. The smallest absolute Gasteiger partial charge is 0.141 e. The van der Waals surface area contributed by atoms with Gasteiger partial charge in [-0.25, -0.2) is 9.67 Å². The van der Waals surface area contributed by atoms with Crippen molar-refractivity contribution < 1.29 is 0 Å². The molecule has 0 bridgehead atoms. The van der Waals surface area contributed by atoms with Crippen LogP contribution < -0.4 is 5.32 Å². The van der Waals surface area contributed by atoms with Crippen molar-refractivity contribution in [2.45, 2.75) is 26.9 Å². The van der Waals surface area contributed by atoms with Crippen LogP contribution in [0.3, 0.4) is 0 Å². The van der Waals surface area contributed by atoms with Crippen LogP contribution in [-0.2, 0) is 13.1 Å². The average molecular weight is 230 g/mol. The first-order chi connectivity index (χ1) is 8.22. The second-order valence-corrected chi connectivity index (χ2v) is 4.23. The van der Waals surface area contributed by atoms with E-state index in [1.54, 1.807) is 6.33 Å². The summed E-state index contributed by atoms with van der Waals surface area (Å²) in [6, 6.07) is 6.36. The zero-order chi connectivity index (χ0) is 12.3. The summed E-state index contributed by atoms with van der Waals surface area (Å²) in [6.45, 7) is 5.80. The van der Waals surface area contributed by atoms with Gasteiger partial charge in [0.2, 0.25) is 0 Å². The van der Waals surface area contributed by atoms with Crippen molar-refractivity contribution in [2.75, 3.05) is 7.05 Å². The summed E-state index contributed by atoms with van der Waals surface area (Å²) in [6.07, 6.45) is 1.61. The van der Waals surface area contributed by atoms with Gasteiger partial charge < -0.3 is 5.32 Å². The lowest BCUT2D eigenvalue weighted by Gasteiger charge is -2.11. The fourth-order valence-corrected chi connectivity index (χ4v) is 1.96. The molecule has 1 aromatic heterocycles. The molecule has 0 spiro atoms. The van der Waals surface area contributed by atoms with Crippen LogP contribution in [0.4, 0.5) is 0 Å². The summed E-state index contributed by atoms with van der Waals surface area (Å²) >= 11 is 0. The molecule has 0 amide bonds. The predicted octanol–water partition coefficient (Wildman–Crippen LogP) is 1.66. The predicted molar refractivity (Wildman–Crippen MR) is 67.8 cm³/mol. The molecule has 2 rings (SSSR count). The third-order valence-electron chi connectivity index (χ3n) is 2.98.